The lowest BCUT2D eigenvalue weighted by Crippen LogP contribution is -2.28. The minimum atomic E-state index is -0.287. The van der Waals surface area contributed by atoms with E-state index < -0.39 is 0 Å². The molecule has 7 nitrogen and oxygen atoms in total. The van der Waals surface area contributed by atoms with Gasteiger partial charge in [0.05, 0.1) is 17.8 Å². The second-order valence-corrected chi connectivity index (χ2v) is 4.70. The fourth-order valence-corrected chi connectivity index (χ4v) is 1.91. The van der Waals surface area contributed by atoms with Crippen LogP contribution in [0, 0.1) is 11.8 Å². The van der Waals surface area contributed by atoms with Gasteiger partial charge in [-0.25, -0.2) is 0 Å². The average molecular weight is 299 g/mol. The molecule has 1 aliphatic heterocycles. The number of hydrogen-bond donors (Lipinski definition) is 4. The molecule has 1 aromatic rings. The molecule has 2 amide bonds. The number of benzene rings is 1. The third-order valence-electron chi connectivity index (χ3n) is 2.93. The van der Waals surface area contributed by atoms with Crippen molar-refractivity contribution in [3.8, 4) is 11.8 Å². The Morgan fingerprint density at radius 2 is 2.14 bits per heavy atom. The van der Waals surface area contributed by atoms with E-state index in [1.165, 1.54) is 0 Å². The van der Waals surface area contributed by atoms with Crippen LogP contribution in [0.25, 0.3) is 0 Å². The molecule has 6 N–H and O–H groups in total. The maximum absolute atomic E-state index is 11.9. The zero-order chi connectivity index (χ0) is 15.9. The predicted molar refractivity (Wildman–Crippen MR) is 84.2 cm³/mol. The molecule has 0 saturated heterocycles. The third kappa shape index (κ3) is 4.24. The highest BCUT2D eigenvalue weighted by atomic mass is 16.2. The Hall–Kier alpha value is -3.01. The van der Waals surface area contributed by atoms with Crippen LogP contribution in [-0.4, -0.2) is 30.9 Å². The summed E-state index contributed by atoms with van der Waals surface area (Å²) < 4.78 is 0. The van der Waals surface area contributed by atoms with Crippen LogP contribution >= 0.6 is 0 Å². The van der Waals surface area contributed by atoms with E-state index in [1.807, 2.05) is 0 Å². The van der Waals surface area contributed by atoms with Crippen LogP contribution in [-0.2, 0) is 4.79 Å². The lowest BCUT2D eigenvalue weighted by atomic mass is 10.1. The van der Waals surface area contributed by atoms with E-state index in [2.05, 4.69) is 27.5 Å². The Kier molecular flexibility index (Phi) is 4.98. The smallest absolute Gasteiger partial charge is 0.253 e. The first kappa shape index (κ1) is 15.4. The van der Waals surface area contributed by atoms with Crippen molar-refractivity contribution in [2.75, 3.05) is 18.4 Å². The maximum Gasteiger partial charge on any atom is 0.253 e. The number of aliphatic imine (C=N–C) groups is 1. The maximum atomic E-state index is 11.9. The molecular formula is C15H17N5O2. The molecule has 0 fully saturated rings. The van der Waals surface area contributed by atoms with Crippen molar-refractivity contribution < 1.29 is 9.59 Å². The summed E-state index contributed by atoms with van der Waals surface area (Å²) in [7, 11) is 0. The van der Waals surface area contributed by atoms with Crippen molar-refractivity contribution in [1.29, 1.82) is 0 Å². The van der Waals surface area contributed by atoms with Crippen molar-refractivity contribution in [2.24, 2.45) is 16.5 Å². The Bertz CT molecular complexity index is 681. The lowest BCUT2D eigenvalue weighted by molar-refractivity contribution is -0.115. The van der Waals surface area contributed by atoms with Crippen LogP contribution in [0.5, 0.6) is 0 Å². The molecule has 0 atom stereocenters. The van der Waals surface area contributed by atoms with Crippen molar-refractivity contribution in [2.45, 2.75) is 12.8 Å². The highest BCUT2D eigenvalue weighted by Crippen LogP contribution is 2.18. The summed E-state index contributed by atoms with van der Waals surface area (Å²) in [5.41, 5.74) is 12.1. The Balaban J connectivity index is 2.04. The number of unbranched alkanes of at least 4 members (excludes halogenated alkanes) is 1. The summed E-state index contributed by atoms with van der Waals surface area (Å²) >= 11 is 0. The van der Waals surface area contributed by atoms with E-state index in [0.717, 1.165) is 6.42 Å². The number of nitrogens with two attached hydrogens (primary N) is 2. The van der Waals surface area contributed by atoms with E-state index in [4.69, 9.17) is 11.5 Å². The van der Waals surface area contributed by atoms with Crippen molar-refractivity contribution in [3.63, 3.8) is 0 Å². The van der Waals surface area contributed by atoms with E-state index in [0.29, 0.717) is 29.8 Å². The van der Waals surface area contributed by atoms with Gasteiger partial charge in [0, 0.05) is 18.5 Å². The van der Waals surface area contributed by atoms with Gasteiger partial charge in [0.1, 0.15) is 0 Å². The van der Waals surface area contributed by atoms with Gasteiger partial charge < -0.3 is 22.1 Å². The van der Waals surface area contributed by atoms with Gasteiger partial charge in [0.15, 0.2) is 5.96 Å². The van der Waals surface area contributed by atoms with Gasteiger partial charge in [-0.3, -0.25) is 14.6 Å². The molecule has 0 unspecified atom stereocenters. The van der Waals surface area contributed by atoms with Crippen molar-refractivity contribution in [1.82, 2.24) is 5.32 Å². The largest absolute Gasteiger partial charge is 0.370 e. The Labute approximate surface area is 128 Å². The fourth-order valence-electron chi connectivity index (χ4n) is 1.91. The first-order valence-corrected chi connectivity index (χ1v) is 6.82. The molecule has 22 heavy (non-hydrogen) atoms. The highest BCUT2D eigenvalue weighted by Gasteiger charge is 2.18. The summed E-state index contributed by atoms with van der Waals surface area (Å²) in [6.07, 6.45) is 1.41. The Morgan fingerprint density at radius 1 is 1.32 bits per heavy atom. The number of nitrogens with one attached hydrogen (secondary N) is 2. The molecule has 0 aliphatic carbocycles. The predicted octanol–water partition coefficient (Wildman–Crippen LogP) is -0.226. The van der Waals surface area contributed by atoms with Gasteiger partial charge in [0.25, 0.3) is 5.91 Å². The van der Waals surface area contributed by atoms with Crippen LogP contribution in [0.2, 0.25) is 0 Å². The molecular weight excluding hydrogens is 282 g/mol. The van der Waals surface area contributed by atoms with E-state index in [9.17, 15) is 9.59 Å². The molecule has 7 heteroatoms. The number of carbonyl (C=O) groups excluding carboxylic acids is 2. The van der Waals surface area contributed by atoms with Gasteiger partial charge in [-0.2, -0.15) is 0 Å². The SMILES string of the molecule is NC(N)=NCCCC#Cc1ccc2c(c1)C(=O)NCC(=O)N2. The van der Waals surface area contributed by atoms with Crippen molar-refractivity contribution in [3.05, 3.63) is 29.3 Å². The van der Waals surface area contributed by atoms with Crippen LogP contribution in [0.4, 0.5) is 5.69 Å². The van der Waals surface area contributed by atoms with E-state index in [-0.39, 0.29) is 24.3 Å². The highest BCUT2D eigenvalue weighted by molar-refractivity contribution is 6.08. The summed E-state index contributed by atoms with van der Waals surface area (Å²) in [5.74, 6) is 5.53. The summed E-state index contributed by atoms with van der Waals surface area (Å²) in [6.45, 7) is 0.509. The normalized spacial score (nSPS) is 12.9. The molecule has 114 valence electrons. The standard InChI is InChI=1S/C15H17N5O2/c16-15(17)18-7-3-1-2-4-10-5-6-12-11(8-10)14(22)19-9-13(21)20-12/h5-6,8H,1,3,7,9H2,(H,19,22)(H,20,21)(H4,16,17,18). The van der Waals surface area contributed by atoms with E-state index >= 15 is 0 Å². The monoisotopic (exact) mass is 299 g/mol. The molecule has 0 aromatic heterocycles. The van der Waals surface area contributed by atoms with Gasteiger partial charge in [-0.05, 0) is 24.6 Å². The second-order valence-electron chi connectivity index (χ2n) is 4.70. The van der Waals surface area contributed by atoms with E-state index in [1.54, 1.807) is 18.2 Å². The first-order valence-electron chi connectivity index (χ1n) is 6.82. The number of amides is 2. The van der Waals surface area contributed by atoms with Crippen molar-refractivity contribution >= 4 is 23.5 Å². The molecule has 1 aliphatic rings. The second kappa shape index (κ2) is 7.13. The molecule has 0 saturated carbocycles. The molecule has 0 bridgehead atoms. The first-order chi connectivity index (χ1) is 10.6. The van der Waals surface area contributed by atoms with Crippen LogP contribution < -0.4 is 22.1 Å². The zero-order valence-corrected chi connectivity index (χ0v) is 12.0. The quantitative estimate of drug-likeness (QED) is 0.266. The van der Waals surface area contributed by atoms with Crippen LogP contribution in [0.1, 0.15) is 28.8 Å². The number of carbonyl (C=O) groups is 2. The fraction of sp³-hybridized carbons (Fsp3) is 0.267. The zero-order valence-electron chi connectivity index (χ0n) is 12.0. The van der Waals surface area contributed by atoms with Gasteiger partial charge in [-0.15, -0.1) is 0 Å². The Morgan fingerprint density at radius 3 is 2.91 bits per heavy atom. The lowest BCUT2D eigenvalue weighted by Gasteiger charge is -2.04. The minimum absolute atomic E-state index is 0.0285. The number of guanidine groups is 1. The van der Waals surface area contributed by atoms with Crippen LogP contribution in [0.15, 0.2) is 23.2 Å². The summed E-state index contributed by atoms with van der Waals surface area (Å²) in [6, 6.07) is 5.11. The third-order valence-corrected chi connectivity index (χ3v) is 2.93. The summed E-state index contributed by atoms with van der Waals surface area (Å²) in [5, 5.41) is 5.20. The average Bonchev–Trinajstić information content (AvgIpc) is 2.62. The van der Waals surface area contributed by atoms with Gasteiger partial charge in [0.2, 0.25) is 5.91 Å². The van der Waals surface area contributed by atoms with Gasteiger partial charge >= 0.3 is 0 Å². The van der Waals surface area contributed by atoms with Crippen LogP contribution in [0.3, 0.4) is 0 Å². The number of anilines is 1. The molecule has 0 spiro atoms. The molecule has 2 rings (SSSR count). The molecule has 1 aromatic carbocycles. The summed E-state index contributed by atoms with van der Waals surface area (Å²) in [4.78, 5) is 27.2. The van der Waals surface area contributed by atoms with Gasteiger partial charge in [-0.1, -0.05) is 11.8 Å². The number of hydrogen-bond acceptors (Lipinski definition) is 3. The minimum Gasteiger partial charge on any atom is -0.370 e. The number of rotatable bonds is 3. The molecule has 0 radical (unpaired) electrons. The topological polar surface area (TPSA) is 123 Å². The molecule has 1 heterocycles. The number of nitrogens with zero attached hydrogens (tertiary/aromatic N) is 1. The number of fused-ring (bicyclic) bond motifs is 1.